The number of hydrogen-bond donors (Lipinski definition) is 2. The third-order valence-corrected chi connectivity index (χ3v) is 3.86. The molecule has 0 spiro atoms. The number of benzene rings is 1. The molecule has 0 atom stereocenters. The second kappa shape index (κ2) is 7.12. The van der Waals surface area contributed by atoms with Gasteiger partial charge in [-0.25, -0.2) is 4.79 Å². The van der Waals surface area contributed by atoms with E-state index in [2.05, 4.69) is 20.5 Å². The third-order valence-electron chi connectivity index (χ3n) is 3.86. The number of H-pyrrole nitrogens is 1. The van der Waals surface area contributed by atoms with Crippen molar-refractivity contribution in [3.05, 3.63) is 70.0 Å². The summed E-state index contributed by atoms with van der Waals surface area (Å²) in [7, 11) is 0. The van der Waals surface area contributed by atoms with Crippen LogP contribution in [-0.2, 0) is 6.54 Å². The SMILES string of the molecule is Cc1cc(C)n(CCNC(=O)c2cc(-c3ccccc3)n[nH]2)c(=O)n1. The minimum Gasteiger partial charge on any atom is -0.349 e. The van der Waals surface area contributed by atoms with Crippen LogP contribution in [0.3, 0.4) is 0 Å². The van der Waals surface area contributed by atoms with Crippen LogP contribution in [0.1, 0.15) is 21.9 Å². The van der Waals surface area contributed by atoms with E-state index in [1.807, 2.05) is 43.3 Å². The predicted molar refractivity (Wildman–Crippen MR) is 94.3 cm³/mol. The van der Waals surface area contributed by atoms with Crippen LogP contribution in [0, 0.1) is 13.8 Å². The molecule has 7 heteroatoms. The van der Waals surface area contributed by atoms with E-state index in [0.717, 1.165) is 11.3 Å². The van der Waals surface area contributed by atoms with E-state index in [1.165, 1.54) is 4.57 Å². The number of nitrogens with zero attached hydrogens (tertiary/aromatic N) is 3. The number of nitrogens with one attached hydrogen (secondary N) is 2. The lowest BCUT2D eigenvalue weighted by molar-refractivity contribution is 0.0947. The standard InChI is InChI=1S/C18H19N5O2/c1-12-10-13(2)23(18(25)20-12)9-8-19-17(24)16-11-15(21-22-16)14-6-4-3-5-7-14/h3-7,10-11H,8-9H2,1-2H3,(H,19,24)(H,21,22). The highest BCUT2D eigenvalue weighted by Gasteiger charge is 2.11. The highest BCUT2D eigenvalue weighted by molar-refractivity contribution is 5.93. The van der Waals surface area contributed by atoms with Gasteiger partial charge in [-0.3, -0.25) is 14.5 Å². The molecule has 2 N–H and O–H groups in total. The fourth-order valence-corrected chi connectivity index (χ4v) is 2.62. The van der Waals surface area contributed by atoms with Crippen molar-refractivity contribution in [3.8, 4) is 11.3 Å². The first-order chi connectivity index (χ1) is 12.0. The summed E-state index contributed by atoms with van der Waals surface area (Å²) in [5.41, 5.74) is 3.23. The van der Waals surface area contributed by atoms with Gasteiger partial charge < -0.3 is 5.32 Å². The van der Waals surface area contributed by atoms with E-state index < -0.39 is 0 Å². The molecule has 3 rings (SSSR count). The lowest BCUT2D eigenvalue weighted by Gasteiger charge is -2.10. The zero-order chi connectivity index (χ0) is 17.8. The Morgan fingerprint density at radius 1 is 1.20 bits per heavy atom. The summed E-state index contributed by atoms with van der Waals surface area (Å²) >= 11 is 0. The van der Waals surface area contributed by atoms with Gasteiger partial charge in [0, 0.05) is 30.0 Å². The topological polar surface area (TPSA) is 92.7 Å². The molecule has 0 aliphatic carbocycles. The van der Waals surface area contributed by atoms with Crippen LogP contribution in [-0.4, -0.2) is 32.2 Å². The molecule has 0 saturated carbocycles. The first-order valence-electron chi connectivity index (χ1n) is 7.99. The molecule has 3 aromatic rings. The zero-order valence-corrected chi connectivity index (χ0v) is 14.1. The van der Waals surface area contributed by atoms with Gasteiger partial charge in [-0.05, 0) is 26.0 Å². The largest absolute Gasteiger partial charge is 0.349 e. The molecule has 0 bridgehead atoms. The summed E-state index contributed by atoms with van der Waals surface area (Å²) in [6.45, 7) is 4.31. The molecule has 2 aromatic heterocycles. The summed E-state index contributed by atoms with van der Waals surface area (Å²) in [6, 6.07) is 13.2. The van der Waals surface area contributed by atoms with Gasteiger partial charge in [0.1, 0.15) is 5.69 Å². The van der Waals surface area contributed by atoms with Crippen LogP contribution in [0.15, 0.2) is 47.3 Å². The van der Waals surface area contributed by atoms with E-state index in [0.29, 0.717) is 30.2 Å². The van der Waals surface area contributed by atoms with E-state index >= 15 is 0 Å². The average Bonchev–Trinajstić information content (AvgIpc) is 3.08. The van der Waals surface area contributed by atoms with E-state index in [1.54, 1.807) is 13.0 Å². The summed E-state index contributed by atoms with van der Waals surface area (Å²) in [4.78, 5) is 28.0. The van der Waals surface area contributed by atoms with Crippen LogP contribution in [0.2, 0.25) is 0 Å². The molecule has 0 unspecified atom stereocenters. The maximum atomic E-state index is 12.2. The Morgan fingerprint density at radius 2 is 1.96 bits per heavy atom. The number of hydrogen-bond acceptors (Lipinski definition) is 4. The Balaban J connectivity index is 1.62. The lowest BCUT2D eigenvalue weighted by atomic mass is 10.1. The molecular formula is C18H19N5O2. The smallest absolute Gasteiger partial charge is 0.348 e. The molecule has 2 heterocycles. The van der Waals surface area contributed by atoms with Gasteiger partial charge in [-0.15, -0.1) is 0 Å². The van der Waals surface area contributed by atoms with Crippen LogP contribution in [0.5, 0.6) is 0 Å². The summed E-state index contributed by atoms with van der Waals surface area (Å²) in [5.74, 6) is -0.263. The zero-order valence-electron chi connectivity index (χ0n) is 14.1. The highest BCUT2D eigenvalue weighted by Crippen LogP contribution is 2.16. The minimum absolute atomic E-state index is 0.263. The van der Waals surface area contributed by atoms with Crippen molar-refractivity contribution in [1.82, 2.24) is 25.1 Å². The maximum absolute atomic E-state index is 12.2. The van der Waals surface area contributed by atoms with E-state index in [4.69, 9.17) is 0 Å². The highest BCUT2D eigenvalue weighted by atomic mass is 16.2. The monoisotopic (exact) mass is 337 g/mol. The van der Waals surface area contributed by atoms with E-state index in [-0.39, 0.29) is 11.6 Å². The number of aromatic amines is 1. The molecule has 0 aliphatic rings. The van der Waals surface area contributed by atoms with Gasteiger partial charge >= 0.3 is 5.69 Å². The molecule has 128 valence electrons. The number of rotatable bonds is 5. The van der Waals surface area contributed by atoms with Gasteiger partial charge in [-0.1, -0.05) is 30.3 Å². The Labute approximate surface area is 144 Å². The van der Waals surface area contributed by atoms with Gasteiger partial charge in [0.25, 0.3) is 5.91 Å². The second-order valence-corrected chi connectivity index (χ2v) is 5.76. The number of amides is 1. The number of carbonyl (C=O) groups excluding carboxylic acids is 1. The number of aromatic nitrogens is 4. The first-order valence-corrected chi connectivity index (χ1v) is 7.99. The fourth-order valence-electron chi connectivity index (χ4n) is 2.62. The summed E-state index contributed by atoms with van der Waals surface area (Å²) in [6.07, 6.45) is 0. The fraction of sp³-hybridized carbons (Fsp3) is 0.222. The molecule has 0 fully saturated rings. The maximum Gasteiger partial charge on any atom is 0.348 e. The molecule has 25 heavy (non-hydrogen) atoms. The van der Waals surface area contributed by atoms with Crippen LogP contribution >= 0.6 is 0 Å². The first kappa shape index (κ1) is 16.6. The number of aryl methyl sites for hydroxylation is 2. The van der Waals surface area contributed by atoms with Gasteiger partial charge in [0.05, 0.1) is 5.69 Å². The molecule has 0 saturated heterocycles. The average molecular weight is 337 g/mol. The Hall–Kier alpha value is -3.22. The van der Waals surface area contributed by atoms with Crippen molar-refractivity contribution >= 4 is 5.91 Å². The molecule has 1 amide bonds. The van der Waals surface area contributed by atoms with Crippen molar-refractivity contribution < 1.29 is 4.79 Å². The second-order valence-electron chi connectivity index (χ2n) is 5.76. The molecule has 7 nitrogen and oxygen atoms in total. The third kappa shape index (κ3) is 3.82. The van der Waals surface area contributed by atoms with Crippen LogP contribution in [0.25, 0.3) is 11.3 Å². The van der Waals surface area contributed by atoms with Gasteiger partial charge in [0.2, 0.25) is 0 Å². The quantitative estimate of drug-likeness (QED) is 0.741. The molecule has 1 aromatic carbocycles. The van der Waals surface area contributed by atoms with Crippen molar-refractivity contribution in [1.29, 1.82) is 0 Å². The molecule has 0 aliphatic heterocycles. The van der Waals surface area contributed by atoms with Gasteiger partial charge in [-0.2, -0.15) is 10.1 Å². The Kier molecular flexibility index (Phi) is 4.74. The van der Waals surface area contributed by atoms with Crippen molar-refractivity contribution in [3.63, 3.8) is 0 Å². The van der Waals surface area contributed by atoms with Crippen molar-refractivity contribution in [2.24, 2.45) is 0 Å². The minimum atomic E-state index is -0.306. The molecule has 0 radical (unpaired) electrons. The van der Waals surface area contributed by atoms with Gasteiger partial charge in [0.15, 0.2) is 0 Å². The Morgan fingerprint density at radius 3 is 2.68 bits per heavy atom. The van der Waals surface area contributed by atoms with Crippen LogP contribution < -0.4 is 11.0 Å². The molecular weight excluding hydrogens is 318 g/mol. The lowest BCUT2D eigenvalue weighted by Crippen LogP contribution is -2.33. The van der Waals surface area contributed by atoms with Crippen molar-refractivity contribution in [2.45, 2.75) is 20.4 Å². The summed E-state index contributed by atoms with van der Waals surface area (Å²) in [5, 5.41) is 9.68. The van der Waals surface area contributed by atoms with E-state index in [9.17, 15) is 9.59 Å². The predicted octanol–water partition coefficient (Wildman–Crippen LogP) is 1.68. The summed E-state index contributed by atoms with van der Waals surface area (Å²) < 4.78 is 1.54. The van der Waals surface area contributed by atoms with Crippen molar-refractivity contribution in [2.75, 3.05) is 6.54 Å². The normalized spacial score (nSPS) is 10.6. The number of carbonyl (C=O) groups is 1. The Bertz CT molecular complexity index is 944. The van der Waals surface area contributed by atoms with Crippen LogP contribution in [0.4, 0.5) is 0 Å².